The summed E-state index contributed by atoms with van der Waals surface area (Å²) in [5.74, 6) is 2.28. The molecule has 2 aromatic carbocycles. The van der Waals surface area contributed by atoms with Gasteiger partial charge in [0, 0.05) is 23.6 Å². The van der Waals surface area contributed by atoms with Crippen LogP contribution in [0, 0.1) is 0 Å². The molecule has 7 nitrogen and oxygen atoms in total. The number of hydrogen-bond donors (Lipinski definition) is 1. The molecular weight excluding hydrogens is 362 g/mol. The van der Waals surface area contributed by atoms with E-state index in [9.17, 15) is 4.79 Å². The van der Waals surface area contributed by atoms with E-state index in [1.807, 2.05) is 19.9 Å². The molecule has 0 unspecified atom stereocenters. The topological polar surface area (TPSA) is 75.3 Å². The fourth-order valence-electron chi connectivity index (χ4n) is 3.22. The molecule has 0 fully saturated rings. The lowest BCUT2D eigenvalue weighted by Crippen LogP contribution is -2.14. The van der Waals surface area contributed by atoms with Gasteiger partial charge in [0.15, 0.2) is 11.5 Å². The van der Waals surface area contributed by atoms with Gasteiger partial charge in [-0.15, -0.1) is 0 Å². The van der Waals surface area contributed by atoms with Crippen LogP contribution in [0.25, 0.3) is 0 Å². The Balaban J connectivity index is 1.94. The van der Waals surface area contributed by atoms with Gasteiger partial charge >= 0.3 is 0 Å². The predicted octanol–water partition coefficient (Wildman–Crippen LogP) is 3.69. The summed E-state index contributed by atoms with van der Waals surface area (Å²) in [5.41, 5.74) is 1.99. The molecule has 1 heterocycles. The van der Waals surface area contributed by atoms with Crippen molar-refractivity contribution in [3.8, 4) is 28.7 Å². The summed E-state index contributed by atoms with van der Waals surface area (Å²) in [6, 6.07) is 6.93. The summed E-state index contributed by atoms with van der Waals surface area (Å²) < 4.78 is 27.5. The lowest BCUT2D eigenvalue weighted by atomic mass is 10.1. The quantitative estimate of drug-likeness (QED) is 0.781. The molecule has 150 valence electrons. The van der Waals surface area contributed by atoms with Crippen LogP contribution in [0.3, 0.4) is 0 Å². The summed E-state index contributed by atoms with van der Waals surface area (Å²) in [6.07, 6.45) is 0.918. The monoisotopic (exact) mass is 387 g/mol. The zero-order valence-corrected chi connectivity index (χ0v) is 16.8. The van der Waals surface area contributed by atoms with Crippen LogP contribution in [-0.2, 0) is 6.42 Å². The maximum atomic E-state index is 12.9. The molecule has 0 radical (unpaired) electrons. The van der Waals surface area contributed by atoms with Gasteiger partial charge in [0.2, 0.25) is 5.75 Å². The first kappa shape index (κ1) is 19.7. The van der Waals surface area contributed by atoms with E-state index in [4.69, 9.17) is 23.7 Å². The molecular formula is C21H25NO6. The largest absolute Gasteiger partial charge is 0.493 e. The van der Waals surface area contributed by atoms with Gasteiger partial charge in [0.05, 0.1) is 33.6 Å². The van der Waals surface area contributed by atoms with Gasteiger partial charge in [-0.1, -0.05) is 0 Å². The fourth-order valence-corrected chi connectivity index (χ4v) is 3.22. The Bertz CT molecular complexity index is 854. The molecule has 1 N–H and O–H groups in total. The Morgan fingerprint density at radius 3 is 2.32 bits per heavy atom. The van der Waals surface area contributed by atoms with Crippen LogP contribution in [0.4, 0.5) is 5.69 Å². The first-order chi connectivity index (χ1) is 13.5. The van der Waals surface area contributed by atoms with Crippen molar-refractivity contribution in [1.29, 1.82) is 0 Å². The summed E-state index contributed by atoms with van der Waals surface area (Å²) in [4.78, 5) is 12.9. The van der Waals surface area contributed by atoms with Crippen LogP contribution in [0.2, 0.25) is 0 Å². The van der Waals surface area contributed by atoms with Crippen molar-refractivity contribution in [2.24, 2.45) is 0 Å². The fraction of sp³-hybridized carbons (Fsp3) is 0.381. The van der Waals surface area contributed by atoms with E-state index in [1.54, 1.807) is 18.2 Å². The van der Waals surface area contributed by atoms with E-state index in [0.29, 0.717) is 40.9 Å². The standard InChI is InChI=1S/C21H25NO6/c1-6-27-17-8-13-7-12(2)28-16(13)11-15(17)22-21(23)14-9-18(24-3)20(26-5)19(10-14)25-4/h8-12H,6-7H2,1-5H3,(H,22,23)/t12-/m1/s1. The highest BCUT2D eigenvalue weighted by Crippen LogP contribution is 2.40. The highest BCUT2D eigenvalue weighted by molar-refractivity contribution is 6.06. The normalized spacial score (nSPS) is 14.7. The number of rotatable bonds is 7. The maximum absolute atomic E-state index is 12.9. The predicted molar refractivity (Wildman–Crippen MR) is 105 cm³/mol. The first-order valence-corrected chi connectivity index (χ1v) is 9.08. The molecule has 2 aromatic rings. The summed E-state index contributed by atoms with van der Waals surface area (Å²) in [7, 11) is 4.52. The number of fused-ring (bicyclic) bond motifs is 1. The van der Waals surface area contributed by atoms with Gasteiger partial charge in [-0.25, -0.2) is 0 Å². The average molecular weight is 387 g/mol. The van der Waals surface area contributed by atoms with E-state index in [1.165, 1.54) is 21.3 Å². The van der Waals surface area contributed by atoms with Gasteiger partial charge in [0.25, 0.3) is 5.91 Å². The van der Waals surface area contributed by atoms with Crippen LogP contribution >= 0.6 is 0 Å². The van der Waals surface area contributed by atoms with Crippen molar-refractivity contribution in [3.63, 3.8) is 0 Å². The third-order valence-corrected chi connectivity index (χ3v) is 4.47. The number of ether oxygens (including phenoxy) is 5. The van der Waals surface area contributed by atoms with Crippen LogP contribution in [-0.4, -0.2) is 39.9 Å². The number of carbonyl (C=O) groups excluding carboxylic acids is 1. The molecule has 1 aliphatic heterocycles. The Labute approximate surface area is 164 Å². The number of anilines is 1. The summed E-state index contributed by atoms with van der Waals surface area (Å²) in [5, 5.41) is 2.90. The lowest BCUT2D eigenvalue weighted by Gasteiger charge is -2.16. The van der Waals surface area contributed by atoms with Gasteiger partial charge in [-0.3, -0.25) is 4.79 Å². The van der Waals surface area contributed by atoms with Gasteiger partial charge in [0.1, 0.15) is 17.6 Å². The minimum Gasteiger partial charge on any atom is -0.493 e. The smallest absolute Gasteiger partial charge is 0.256 e. The first-order valence-electron chi connectivity index (χ1n) is 9.08. The van der Waals surface area contributed by atoms with Crippen LogP contribution in [0.5, 0.6) is 28.7 Å². The third kappa shape index (κ3) is 3.78. The second kappa shape index (κ2) is 8.29. The average Bonchev–Trinajstić information content (AvgIpc) is 3.05. The number of methoxy groups -OCH3 is 3. The maximum Gasteiger partial charge on any atom is 0.256 e. The van der Waals surface area contributed by atoms with Gasteiger partial charge in [-0.2, -0.15) is 0 Å². The Morgan fingerprint density at radius 1 is 1.07 bits per heavy atom. The molecule has 0 aliphatic carbocycles. The molecule has 3 rings (SSSR count). The molecule has 28 heavy (non-hydrogen) atoms. The second-order valence-electron chi connectivity index (χ2n) is 6.39. The van der Waals surface area contributed by atoms with Crippen LogP contribution in [0.15, 0.2) is 24.3 Å². The number of amides is 1. The van der Waals surface area contributed by atoms with Gasteiger partial charge in [-0.05, 0) is 32.0 Å². The highest BCUT2D eigenvalue weighted by Gasteiger charge is 2.23. The van der Waals surface area contributed by atoms with Crippen LogP contribution < -0.4 is 29.0 Å². The summed E-state index contributed by atoms with van der Waals surface area (Å²) in [6.45, 7) is 4.40. The number of hydrogen-bond acceptors (Lipinski definition) is 6. The molecule has 1 aliphatic rings. The highest BCUT2D eigenvalue weighted by atomic mass is 16.5. The van der Waals surface area contributed by atoms with E-state index < -0.39 is 0 Å². The Morgan fingerprint density at radius 2 is 1.75 bits per heavy atom. The minimum absolute atomic E-state index is 0.102. The van der Waals surface area contributed by atoms with Crippen molar-refractivity contribution in [3.05, 3.63) is 35.4 Å². The lowest BCUT2D eigenvalue weighted by molar-refractivity contribution is 0.102. The number of carbonyl (C=O) groups is 1. The molecule has 0 saturated carbocycles. The van der Waals surface area contributed by atoms with Crippen LogP contribution in [0.1, 0.15) is 29.8 Å². The summed E-state index contributed by atoms with van der Waals surface area (Å²) >= 11 is 0. The SMILES string of the molecule is CCOc1cc2c(cc1NC(=O)c1cc(OC)c(OC)c(OC)c1)O[C@H](C)C2. The molecule has 1 atom stereocenters. The zero-order chi connectivity index (χ0) is 20.3. The zero-order valence-electron chi connectivity index (χ0n) is 16.8. The number of benzene rings is 2. The van der Waals surface area contributed by atoms with E-state index in [2.05, 4.69) is 5.32 Å². The van der Waals surface area contributed by atoms with Gasteiger partial charge < -0.3 is 29.0 Å². The van der Waals surface area contributed by atoms with Crippen molar-refractivity contribution < 1.29 is 28.5 Å². The molecule has 7 heteroatoms. The molecule has 0 spiro atoms. The van der Waals surface area contributed by atoms with Crippen molar-refractivity contribution in [2.45, 2.75) is 26.4 Å². The molecule has 1 amide bonds. The van der Waals surface area contributed by atoms with E-state index >= 15 is 0 Å². The van der Waals surface area contributed by atoms with Crippen molar-refractivity contribution in [2.75, 3.05) is 33.3 Å². The Hall–Kier alpha value is -3.09. The Kier molecular flexibility index (Phi) is 5.82. The number of nitrogens with one attached hydrogen (secondary N) is 1. The van der Waals surface area contributed by atoms with E-state index in [-0.39, 0.29) is 12.0 Å². The molecule has 0 saturated heterocycles. The van der Waals surface area contributed by atoms with Crippen molar-refractivity contribution in [1.82, 2.24) is 0 Å². The van der Waals surface area contributed by atoms with Crippen molar-refractivity contribution >= 4 is 11.6 Å². The third-order valence-electron chi connectivity index (χ3n) is 4.47. The van der Waals surface area contributed by atoms with E-state index in [0.717, 1.165) is 17.7 Å². The molecule has 0 bridgehead atoms. The second-order valence-corrected chi connectivity index (χ2v) is 6.39. The minimum atomic E-state index is -0.328. The molecule has 0 aromatic heterocycles.